The van der Waals surface area contributed by atoms with Crippen LogP contribution in [0, 0.1) is 12.3 Å². The average Bonchev–Trinajstić information content (AvgIpc) is 2.66. The van der Waals surface area contributed by atoms with Crippen molar-refractivity contribution in [2.24, 2.45) is 11.1 Å². The zero-order chi connectivity index (χ0) is 21.4. The Balaban J connectivity index is 0.00000450. The molecule has 2 rings (SSSR count). The van der Waals surface area contributed by atoms with E-state index < -0.39 is 6.04 Å². The molecule has 7 heteroatoms. The highest BCUT2D eigenvalue weighted by molar-refractivity contribution is 5.91. The van der Waals surface area contributed by atoms with Gasteiger partial charge in [-0.1, -0.05) is 45.0 Å². The minimum atomic E-state index is -0.538. The number of hydrogen-bond donors (Lipinski definition) is 3. The fourth-order valence-corrected chi connectivity index (χ4v) is 2.65. The van der Waals surface area contributed by atoms with Crippen molar-refractivity contribution in [1.82, 2.24) is 5.32 Å². The number of ether oxygens (including phenoxy) is 1. The molecule has 2 amide bonds. The summed E-state index contributed by atoms with van der Waals surface area (Å²) >= 11 is 0. The topological polar surface area (TPSA) is 93.5 Å². The summed E-state index contributed by atoms with van der Waals surface area (Å²) in [6.45, 7) is 8.25. The van der Waals surface area contributed by atoms with Crippen LogP contribution in [0.15, 0.2) is 48.5 Å². The highest BCUT2D eigenvalue weighted by Crippen LogP contribution is 2.17. The van der Waals surface area contributed by atoms with E-state index in [0.29, 0.717) is 18.7 Å². The molecule has 0 saturated heterocycles. The van der Waals surface area contributed by atoms with Crippen molar-refractivity contribution in [3.8, 4) is 5.75 Å². The number of nitrogens with one attached hydrogen (secondary N) is 2. The second kappa shape index (κ2) is 11.6. The lowest BCUT2D eigenvalue weighted by atomic mass is 9.87. The van der Waals surface area contributed by atoms with Crippen LogP contribution in [0.25, 0.3) is 0 Å². The molecule has 0 aliphatic rings. The first-order valence-electron chi connectivity index (χ1n) is 9.77. The average molecular weight is 434 g/mol. The van der Waals surface area contributed by atoms with Crippen LogP contribution in [0.1, 0.15) is 31.9 Å². The Morgan fingerprint density at radius 2 is 1.77 bits per heavy atom. The van der Waals surface area contributed by atoms with Gasteiger partial charge in [-0.2, -0.15) is 0 Å². The van der Waals surface area contributed by atoms with Crippen molar-refractivity contribution < 1.29 is 14.3 Å². The van der Waals surface area contributed by atoms with E-state index in [2.05, 4.69) is 10.6 Å². The van der Waals surface area contributed by atoms with Crippen LogP contribution >= 0.6 is 12.4 Å². The van der Waals surface area contributed by atoms with Crippen LogP contribution in [-0.4, -0.2) is 31.0 Å². The molecule has 0 heterocycles. The third-order valence-corrected chi connectivity index (χ3v) is 4.52. The Labute approximate surface area is 185 Å². The smallest absolute Gasteiger partial charge is 0.262 e. The molecular formula is C23H32ClN3O3. The van der Waals surface area contributed by atoms with Gasteiger partial charge in [0.05, 0.1) is 6.04 Å². The standard InChI is InChI=1S/C23H31N3O3.ClH/c1-16-6-5-7-18(14-16)26-20(27)15-29-19-10-8-17(9-11-19)12-13-25-22(28)21(24)23(2,3)4;/h5-11,14,21H,12-13,15,24H2,1-4H3,(H,25,28)(H,26,27);1H/t21-;/m1./s1. The van der Waals surface area contributed by atoms with Gasteiger partial charge in [0.1, 0.15) is 5.75 Å². The number of benzene rings is 2. The SMILES string of the molecule is Cc1cccc(NC(=O)COc2ccc(CCNC(=O)[C@@H](N)C(C)(C)C)cc2)c1.Cl. The quantitative estimate of drug-likeness (QED) is 0.594. The lowest BCUT2D eigenvalue weighted by Gasteiger charge is -2.25. The molecular weight excluding hydrogens is 402 g/mol. The third-order valence-electron chi connectivity index (χ3n) is 4.52. The molecule has 0 radical (unpaired) electrons. The molecule has 0 unspecified atom stereocenters. The Morgan fingerprint density at radius 3 is 2.37 bits per heavy atom. The van der Waals surface area contributed by atoms with Crippen LogP contribution in [0.4, 0.5) is 5.69 Å². The zero-order valence-electron chi connectivity index (χ0n) is 18.0. The largest absolute Gasteiger partial charge is 0.484 e. The van der Waals surface area contributed by atoms with Crippen molar-refractivity contribution >= 4 is 29.9 Å². The summed E-state index contributed by atoms with van der Waals surface area (Å²) in [5.74, 6) is 0.265. The fraction of sp³-hybridized carbons (Fsp3) is 0.391. The molecule has 2 aromatic rings. The lowest BCUT2D eigenvalue weighted by molar-refractivity contribution is -0.124. The number of halogens is 1. The number of carbonyl (C=O) groups excluding carboxylic acids is 2. The zero-order valence-corrected chi connectivity index (χ0v) is 18.8. The van der Waals surface area contributed by atoms with Crippen molar-refractivity contribution in [3.63, 3.8) is 0 Å². The summed E-state index contributed by atoms with van der Waals surface area (Å²) in [5, 5.41) is 5.68. The number of hydrogen-bond acceptors (Lipinski definition) is 4. The second-order valence-electron chi connectivity index (χ2n) is 8.24. The molecule has 30 heavy (non-hydrogen) atoms. The first-order valence-corrected chi connectivity index (χ1v) is 9.77. The minimum Gasteiger partial charge on any atom is -0.484 e. The first-order chi connectivity index (χ1) is 13.6. The minimum absolute atomic E-state index is 0. The normalized spacial score (nSPS) is 11.8. The molecule has 0 aliphatic carbocycles. The van der Waals surface area contributed by atoms with Gasteiger partial charge in [-0.05, 0) is 54.2 Å². The summed E-state index contributed by atoms with van der Waals surface area (Å²) in [6.07, 6.45) is 0.691. The van der Waals surface area contributed by atoms with Gasteiger partial charge in [0, 0.05) is 12.2 Å². The highest BCUT2D eigenvalue weighted by atomic mass is 35.5. The van der Waals surface area contributed by atoms with Crippen molar-refractivity contribution in [2.45, 2.75) is 40.2 Å². The molecule has 0 aliphatic heterocycles. The third kappa shape index (κ3) is 8.43. The summed E-state index contributed by atoms with van der Waals surface area (Å²) < 4.78 is 5.54. The molecule has 4 N–H and O–H groups in total. The molecule has 2 aromatic carbocycles. The highest BCUT2D eigenvalue weighted by Gasteiger charge is 2.26. The monoisotopic (exact) mass is 433 g/mol. The Morgan fingerprint density at radius 1 is 1.10 bits per heavy atom. The number of anilines is 1. The Hall–Kier alpha value is -2.57. The van der Waals surface area contributed by atoms with Gasteiger partial charge in [0.25, 0.3) is 5.91 Å². The van der Waals surface area contributed by atoms with E-state index in [4.69, 9.17) is 10.5 Å². The molecule has 6 nitrogen and oxygen atoms in total. The molecule has 0 bridgehead atoms. The number of carbonyl (C=O) groups is 2. The number of rotatable bonds is 8. The van der Waals surface area contributed by atoms with Crippen molar-refractivity contribution in [3.05, 3.63) is 59.7 Å². The van der Waals surface area contributed by atoms with Crippen molar-refractivity contribution in [1.29, 1.82) is 0 Å². The number of amides is 2. The summed E-state index contributed by atoms with van der Waals surface area (Å²) in [7, 11) is 0. The van der Waals surface area contributed by atoms with E-state index in [0.717, 1.165) is 16.8 Å². The van der Waals surface area contributed by atoms with Gasteiger partial charge in [-0.3, -0.25) is 9.59 Å². The maximum Gasteiger partial charge on any atom is 0.262 e. The predicted octanol–water partition coefficient (Wildman–Crippen LogP) is 3.47. The summed E-state index contributed by atoms with van der Waals surface area (Å²) in [6, 6.07) is 14.5. The predicted molar refractivity (Wildman–Crippen MR) is 123 cm³/mol. The van der Waals surface area contributed by atoms with Crippen LogP contribution < -0.4 is 21.1 Å². The van der Waals surface area contributed by atoms with E-state index in [9.17, 15) is 9.59 Å². The first kappa shape index (κ1) is 25.5. The van der Waals surface area contributed by atoms with E-state index >= 15 is 0 Å². The maximum absolute atomic E-state index is 12.0. The molecule has 0 spiro atoms. The molecule has 0 saturated carbocycles. The van der Waals surface area contributed by atoms with E-state index in [-0.39, 0.29) is 36.2 Å². The summed E-state index contributed by atoms with van der Waals surface area (Å²) in [4.78, 5) is 24.0. The number of nitrogens with two attached hydrogens (primary N) is 1. The molecule has 0 aromatic heterocycles. The van der Waals surface area contributed by atoms with E-state index in [1.165, 1.54) is 0 Å². The lowest BCUT2D eigenvalue weighted by Crippen LogP contribution is -2.48. The van der Waals surface area contributed by atoms with Gasteiger partial charge in [0.2, 0.25) is 5.91 Å². The van der Waals surface area contributed by atoms with Crippen LogP contribution in [-0.2, 0) is 16.0 Å². The second-order valence-corrected chi connectivity index (χ2v) is 8.24. The van der Waals surface area contributed by atoms with Crippen LogP contribution in [0.5, 0.6) is 5.75 Å². The van der Waals surface area contributed by atoms with Crippen molar-refractivity contribution in [2.75, 3.05) is 18.5 Å². The van der Waals surface area contributed by atoms with Gasteiger partial charge < -0.3 is 21.1 Å². The Kier molecular flexibility index (Phi) is 9.82. The molecule has 0 fully saturated rings. The molecule has 1 atom stereocenters. The van der Waals surface area contributed by atoms with Crippen LogP contribution in [0.2, 0.25) is 0 Å². The maximum atomic E-state index is 12.0. The number of aryl methyl sites for hydroxylation is 1. The van der Waals surface area contributed by atoms with Gasteiger partial charge in [0.15, 0.2) is 6.61 Å². The Bertz CT molecular complexity index is 832. The van der Waals surface area contributed by atoms with Gasteiger partial charge >= 0.3 is 0 Å². The van der Waals surface area contributed by atoms with E-state index in [1.807, 2.05) is 76.2 Å². The van der Waals surface area contributed by atoms with Crippen LogP contribution in [0.3, 0.4) is 0 Å². The fourth-order valence-electron chi connectivity index (χ4n) is 2.65. The van der Waals surface area contributed by atoms with E-state index in [1.54, 1.807) is 0 Å². The molecule has 164 valence electrons. The van der Waals surface area contributed by atoms with Gasteiger partial charge in [-0.25, -0.2) is 0 Å². The summed E-state index contributed by atoms with van der Waals surface area (Å²) in [5.41, 5.74) is 8.57. The van der Waals surface area contributed by atoms with Gasteiger partial charge in [-0.15, -0.1) is 12.4 Å².